The zero-order chi connectivity index (χ0) is 17.2. The summed E-state index contributed by atoms with van der Waals surface area (Å²) in [6, 6.07) is 19.7. The number of ether oxygens (including phenoxy) is 1. The van der Waals surface area contributed by atoms with E-state index >= 15 is 0 Å². The van der Waals surface area contributed by atoms with Gasteiger partial charge in [0.15, 0.2) is 12.4 Å². The molecule has 3 aromatic rings. The third-order valence-electron chi connectivity index (χ3n) is 4.10. The summed E-state index contributed by atoms with van der Waals surface area (Å²) in [5.41, 5.74) is 1.87. The van der Waals surface area contributed by atoms with E-state index in [1.54, 1.807) is 18.9 Å². The topological polar surface area (TPSA) is 33.4 Å². The normalized spacial score (nSPS) is 12.3. The summed E-state index contributed by atoms with van der Waals surface area (Å²) < 4.78 is 7.03. The summed E-state index contributed by atoms with van der Waals surface area (Å²) in [6.45, 7) is 0.261. The Hall–Kier alpha value is -2.79. The lowest BCUT2D eigenvalue weighted by molar-refractivity contribution is -0.684. The standard InChI is InChI=1S/C20H17N2O2S/c1-24-15-10-12-21(13-11-15)14-20(23)22-16-6-2-4-8-18(16)25-19-9-5-3-7-17(19)22/h2-13H,14H2,1H3/q+1. The lowest BCUT2D eigenvalue weighted by atomic mass is 10.2. The van der Waals surface area contributed by atoms with Crippen LogP contribution in [-0.4, -0.2) is 13.0 Å². The van der Waals surface area contributed by atoms with E-state index in [-0.39, 0.29) is 12.5 Å². The lowest BCUT2D eigenvalue weighted by Gasteiger charge is -2.30. The van der Waals surface area contributed by atoms with Crippen LogP contribution in [0.1, 0.15) is 0 Å². The highest BCUT2D eigenvalue weighted by Gasteiger charge is 2.29. The third-order valence-corrected chi connectivity index (χ3v) is 5.23. The van der Waals surface area contributed by atoms with Crippen molar-refractivity contribution >= 4 is 29.0 Å². The highest BCUT2D eigenvalue weighted by atomic mass is 32.2. The van der Waals surface area contributed by atoms with Gasteiger partial charge in [-0.05, 0) is 24.3 Å². The quantitative estimate of drug-likeness (QED) is 0.674. The molecule has 0 spiro atoms. The number of hydrogen-bond donors (Lipinski definition) is 0. The van der Waals surface area contributed by atoms with Gasteiger partial charge >= 0.3 is 0 Å². The van der Waals surface area contributed by atoms with Crippen molar-refractivity contribution in [2.75, 3.05) is 12.0 Å². The van der Waals surface area contributed by atoms with Crippen molar-refractivity contribution < 1.29 is 14.1 Å². The number of pyridine rings is 1. The number of rotatable bonds is 3. The maximum atomic E-state index is 13.1. The van der Waals surface area contributed by atoms with E-state index in [9.17, 15) is 4.79 Å². The van der Waals surface area contributed by atoms with Crippen LogP contribution < -0.4 is 14.2 Å². The molecule has 0 unspecified atom stereocenters. The van der Waals surface area contributed by atoms with E-state index in [1.807, 2.05) is 70.4 Å². The van der Waals surface area contributed by atoms with Gasteiger partial charge in [-0.15, -0.1) is 0 Å². The number of para-hydroxylation sites is 2. The van der Waals surface area contributed by atoms with Gasteiger partial charge in [0.2, 0.25) is 6.54 Å². The molecule has 4 nitrogen and oxygen atoms in total. The average molecular weight is 349 g/mol. The number of methoxy groups -OCH3 is 1. The molecule has 0 fully saturated rings. The smallest absolute Gasteiger partial charge is 0.297 e. The Morgan fingerprint density at radius 1 is 0.960 bits per heavy atom. The zero-order valence-corrected chi connectivity index (χ0v) is 14.6. The molecule has 1 aliphatic heterocycles. The Morgan fingerprint density at radius 2 is 1.52 bits per heavy atom. The second kappa shape index (κ2) is 6.61. The monoisotopic (exact) mass is 349 g/mol. The fraction of sp³-hybridized carbons (Fsp3) is 0.100. The van der Waals surface area contributed by atoms with E-state index in [4.69, 9.17) is 4.74 Å². The minimum absolute atomic E-state index is 0.0235. The molecule has 0 saturated heterocycles. The fourth-order valence-electron chi connectivity index (χ4n) is 2.89. The molecule has 0 radical (unpaired) electrons. The van der Waals surface area contributed by atoms with Crippen LogP contribution >= 0.6 is 11.8 Å². The summed E-state index contributed by atoms with van der Waals surface area (Å²) >= 11 is 1.70. The molecule has 1 aliphatic rings. The summed E-state index contributed by atoms with van der Waals surface area (Å²) in [5.74, 6) is 0.795. The summed E-state index contributed by atoms with van der Waals surface area (Å²) in [7, 11) is 1.63. The highest BCUT2D eigenvalue weighted by molar-refractivity contribution is 7.99. The Kier molecular flexibility index (Phi) is 4.15. The molecule has 4 rings (SSSR count). The van der Waals surface area contributed by atoms with Crippen LogP contribution in [0.2, 0.25) is 0 Å². The summed E-state index contributed by atoms with van der Waals surface area (Å²) in [6.07, 6.45) is 3.71. The first-order chi connectivity index (χ1) is 12.3. The fourth-order valence-corrected chi connectivity index (χ4v) is 3.94. The van der Waals surface area contributed by atoms with Crippen LogP contribution in [0.15, 0.2) is 82.8 Å². The van der Waals surface area contributed by atoms with Gasteiger partial charge in [-0.2, -0.15) is 4.57 Å². The van der Waals surface area contributed by atoms with Gasteiger partial charge < -0.3 is 4.74 Å². The minimum Gasteiger partial charge on any atom is -0.496 e. The van der Waals surface area contributed by atoms with Crippen molar-refractivity contribution in [2.45, 2.75) is 16.3 Å². The number of carbonyl (C=O) groups excluding carboxylic acids is 1. The number of hydrogen-bond acceptors (Lipinski definition) is 3. The van der Waals surface area contributed by atoms with E-state index in [2.05, 4.69) is 12.1 Å². The predicted molar refractivity (Wildman–Crippen MR) is 97.3 cm³/mol. The van der Waals surface area contributed by atoms with Gasteiger partial charge in [-0.1, -0.05) is 36.0 Å². The van der Waals surface area contributed by atoms with E-state index in [0.717, 1.165) is 26.9 Å². The van der Waals surface area contributed by atoms with Crippen molar-refractivity contribution in [2.24, 2.45) is 0 Å². The van der Waals surface area contributed by atoms with Gasteiger partial charge in [-0.3, -0.25) is 9.69 Å². The van der Waals surface area contributed by atoms with Gasteiger partial charge in [0.05, 0.1) is 18.5 Å². The first-order valence-electron chi connectivity index (χ1n) is 7.98. The third kappa shape index (κ3) is 2.98. The van der Waals surface area contributed by atoms with Gasteiger partial charge in [0.1, 0.15) is 5.75 Å². The molecule has 0 saturated carbocycles. The van der Waals surface area contributed by atoms with Crippen LogP contribution in [0.3, 0.4) is 0 Å². The second-order valence-corrected chi connectivity index (χ2v) is 6.76. The largest absolute Gasteiger partial charge is 0.496 e. The predicted octanol–water partition coefficient (Wildman–Crippen LogP) is 3.81. The van der Waals surface area contributed by atoms with Gasteiger partial charge in [0, 0.05) is 21.9 Å². The molecular weight excluding hydrogens is 332 g/mol. The summed E-state index contributed by atoms with van der Waals surface area (Å²) in [5, 5.41) is 0. The van der Waals surface area contributed by atoms with E-state index in [0.29, 0.717) is 0 Å². The van der Waals surface area contributed by atoms with Crippen molar-refractivity contribution in [3.8, 4) is 5.75 Å². The molecule has 2 aromatic carbocycles. The minimum atomic E-state index is 0.0235. The second-order valence-electron chi connectivity index (χ2n) is 5.68. The molecule has 0 bridgehead atoms. The van der Waals surface area contributed by atoms with Crippen LogP contribution in [-0.2, 0) is 11.3 Å². The molecule has 0 aliphatic carbocycles. The average Bonchev–Trinajstić information content (AvgIpc) is 2.66. The number of anilines is 2. The zero-order valence-electron chi connectivity index (χ0n) is 13.8. The Bertz CT molecular complexity index is 879. The van der Waals surface area contributed by atoms with Crippen molar-refractivity contribution in [1.29, 1.82) is 0 Å². The molecule has 25 heavy (non-hydrogen) atoms. The number of benzene rings is 2. The Morgan fingerprint density at radius 3 is 2.08 bits per heavy atom. The van der Waals surface area contributed by atoms with Crippen molar-refractivity contribution in [3.63, 3.8) is 0 Å². The number of nitrogens with zero attached hydrogens (tertiary/aromatic N) is 2. The van der Waals surface area contributed by atoms with E-state index in [1.165, 1.54) is 0 Å². The number of aromatic nitrogens is 1. The molecule has 5 heteroatoms. The van der Waals surface area contributed by atoms with Gasteiger partial charge in [-0.25, -0.2) is 0 Å². The van der Waals surface area contributed by atoms with Crippen molar-refractivity contribution in [3.05, 3.63) is 73.1 Å². The molecule has 124 valence electrons. The summed E-state index contributed by atoms with van der Waals surface area (Å²) in [4.78, 5) is 17.1. The SMILES string of the molecule is COc1cc[n+](CC(=O)N2c3ccccc3Sc3ccccc32)cc1. The molecule has 1 aromatic heterocycles. The van der Waals surface area contributed by atoms with E-state index < -0.39 is 0 Å². The number of amides is 1. The first kappa shape index (κ1) is 15.7. The lowest BCUT2D eigenvalue weighted by Crippen LogP contribution is -2.43. The Balaban J connectivity index is 1.70. The number of fused-ring (bicyclic) bond motifs is 2. The van der Waals surface area contributed by atoms with Gasteiger partial charge in [0.25, 0.3) is 5.91 Å². The van der Waals surface area contributed by atoms with Crippen molar-refractivity contribution in [1.82, 2.24) is 0 Å². The molecule has 1 amide bonds. The molecular formula is C20H17N2O2S+. The molecule has 2 heterocycles. The first-order valence-corrected chi connectivity index (χ1v) is 8.80. The van der Waals surface area contributed by atoms with Crippen LogP contribution in [0.5, 0.6) is 5.75 Å². The van der Waals surface area contributed by atoms with Crippen LogP contribution in [0.4, 0.5) is 11.4 Å². The number of carbonyl (C=O) groups is 1. The highest BCUT2D eigenvalue weighted by Crippen LogP contribution is 2.47. The molecule has 0 N–H and O–H groups in total. The Labute approximate surface area is 150 Å². The van der Waals surface area contributed by atoms with Crippen LogP contribution in [0, 0.1) is 0 Å². The maximum Gasteiger partial charge on any atom is 0.297 e. The van der Waals surface area contributed by atoms with Crippen LogP contribution in [0.25, 0.3) is 0 Å². The molecule has 0 atom stereocenters. The maximum absolute atomic E-state index is 13.1.